The molecule has 6 rings (SSSR count). The Kier molecular flexibility index (Phi) is 6.93. The van der Waals surface area contributed by atoms with Crippen molar-refractivity contribution in [1.82, 2.24) is 15.0 Å². The monoisotopic (exact) mass is 561 g/mol. The van der Waals surface area contributed by atoms with Crippen molar-refractivity contribution in [3.63, 3.8) is 0 Å². The quantitative estimate of drug-likeness (QED) is 0.299. The maximum atomic E-state index is 6.47. The van der Waals surface area contributed by atoms with Crippen LogP contribution in [0.25, 0.3) is 34.2 Å². The van der Waals surface area contributed by atoms with Crippen molar-refractivity contribution >= 4 is 25.2 Å². The molecule has 3 heterocycles. The highest BCUT2D eigenvalue weighted by molar-refractivity contribution is 6.66. The molecule has 2 aliphatic heterocycles. The second-order valence-corrected chi connectivity index (χ2v) is 13.1. The Morgan fingerprint density at radius 1 is 0.429 bits per heavy atom. The second kappa shape index (κ2) is 10.1. The lowest BCUT2D eigenvalue weighted by Crippen LogP contribution is -2.41. The molecule has 0 aliphatic carbocycles. The lowest BCUT2D eigenvalue weighted by molar-refractivity contribution is 0.00578. The minimum absolute atomic E-state index is 0.494. The van der Waals surface area contributed by atoms with Crippen LogP contribution in [0.15, 0.2) is 78.9 Å². The Hall–Kier alpha value is -3.36. The van der Waals surface area contributed by atoms with Crippen molar-refractivity contribution in [3.05, 3.63) is 78.9 Å². The van der Waals surface area contributed by atoms with Gasteiger partial charge in [-0.3, -0.25) is 0 Å². The van der Waals surface area contributed by atoms with Gasteiger partial charge in [-0.25, -0.2) is 15.0 Å². The van der Waals surface area contributed by atoms with Gasteiger partial charge in [0.05, 0.1) is 22.4 Å². The Morgan fingerprint density at radius 2 is 0.738 bits per heavy atom. The largest absolute Gasteiger partial charge is 0.494 e. The summed E-state index contributed by atoms with van der Waals surface area (Å²) in [5.74, 6) is 1.73. The summed E-state index contributed by atoms with van der Waals surface area (Å²) in [6.45, 7) is 16.4. The lowest BCUT2D eigenvalue weighted by Gasteiger charge is -2.32. The molecule has 0 amide bonds. The molecule has 4 aromatic rings. The SMILES string of the molecule is CC1(C)OB(c2cc(B3OC(C)(C)C(C)(C)O3)cc(-c3nc(-c4ccccc4)nc(-c4ccccc4)n3)c2)OC1(C)C. The molecule has 0 spiro atoms. The Balaban J connectivity index is 1.52. The summed E-state index contributed by atoms with van der Waals surface area (Å²) in [7, 11) is -1.17. The lowest BCUT2D eigenvalue weighted by atomic mass is 9.71. The highest BCUT2D eigenvalue weighted by Gasteiger charge is 2.54. The number of hydrogen-bond acceptors (Lipinski definition) is 7. The van der Waals surface area contributed by atoms with Crippen LogP contribution in [0.5, 0.6) is 0 Å². The first kappa shape index (κ1) is 28.7. The van der Waals surface area contributed by atoms with Gasteiger partial charge in [0.25, 0.3) is 0 Å². The van der Waals surface area contributed by atoms with Crippen LogP contribution in [0.2, 0.25) is 0 Å². The van der Waals surface area contributed by atoms with Crippen molar-refractivity contribution in [2.45, 2.75) is 77.8 Å². The third-order valence-corrected chi connectivity index (χ3v) is 8.99. The summed E-state index contributed by atoms with van der Waals surface area (Å²) < 4.78 is 25.9. The molecule has 0 N–H and O–H groups in total. The van der Waals surface area contributed by atoms with Crippen LogP contribution >= 0.6 is 0 Å². The molecule has 0 unspecified atom stereocenters. The van der Waals surface area contributed by atoms with Crippen LogP contribution in [0.1, 0.15) is 55.4 Å². The van der Waals surface area contributed by atoms with Crippen LogP contribution in [0.3, 0.4) is 0 Å². The van der Waals surface area contributed by atoms with Gasteiger partial charge in [-0.1, -0.05) is 78.9 Å². The molecule has 2 saturated heterocycles. The van der Waals surface area contributed by atoms with Gasteiger partial charge in [0.2, 0.25) is 0 Å². The average Bonchev–Trinajstić information content (AvgIpc) is 3.33. The predicted octanol–water partition coefficient (Wildman–Crippen LogP) is 5.47. The van der Waals surface area contributed by atoms with E-state index in [1.54, 1.807) is 0 Å². The number of rotatable bonds is 5. The van der Waals surface area contributed by atoms with E-state index in [2.05, 4.69) is 55.4 Å². The van der Waals surface area contributed by atoms with E-state index in [1.165, 1.54) is 0 Å². The Morgan fingerprint density at radius 3 is 1.07 bits per heavy atom. The summed E-state index contributed by atoms with van der Waals surface area (Å²) in [5, 5.41) is 0. The van der Waals surface area contributed by atoms with Crippen LogP contribution in [-0.2, 0) is 18.6 Å². The van der Waals surface area contributed by atoms with E-state index >= 15 is 0 Å². The smallest absolute Gasteiger partial charge is 0.399 e. The third-order valence-electron chi connectivity index (χ3n) is 8.99. The molecule has 2 aliphatic rings. The van der Waals surface area contributed by atoms with E-state index in [1.807, 2.05) is 78.9 Å². The third kappa shape index (κ3) is 5.20. The number of aromatic nitrogens is 3. The second-order valence-electron chi connectivity index (χ2n) is 13.1. The van der Waals surface area contributed by atoms with Gasteiger partial charge >= 0.3 is 14.2 Å². The number of benzene rings is 3. The van der Waals surface area contributed by atoms with Gasteiger partial charge in [0.15, 0.2) is 17.5 Å². The molecule has 0 bridgehead atoms. The molecular weight excluding hydrogens is 524 g/mol. The summed E-state index contributed by atoms with van der Waals surface area (Å²) in [6.07, 6.45) is 0. The fourth-order valence-electron chi connectivity index (χ4n) is 4.97. The van der Waals surface area contributed by atoms with Crippen molar-refractivity contribution in [1.29, 1.82) is 0 Å². The van der Waals surface area contributed by atoms with Gasteiger partial charge in [-0.15, -0.1) is 0 Å². The van der Waals surface area contributed by atoms with Crippen LogP contribution in [0, 0.1) is 0 Å². The van der Waals surface area contributed by atoms with Gasteiger partial charge in [0, 0.05) is 16.7 Å². The zero-order valence-corrected chi connectivity index (χ0v) is 25.6. The van der Waals surface area contributed by atoms with Gasteiger partial charge < -0.3 is 18.6 Å². The molecule has 42 heavy (non-hydrogen) atoms. The maximum Gasteiger partial charge on any atom is 0.494 e. The molecule has 0 saturated carbocycles. The van der Waals surface area contributed by atoms with Gasteiger partial charge in [0.1, 0.15) is 0 Å². The van der Waals surface area contributed by atoms with Gasteiger partial charge in [-0.2, -0.15) is 0 Å². The van der Waals surface area contributed by atoms with Crippen LogP contribution in [-0.4, -0.2) is 51.6 Å². The Labute approximate surface area is 249 Å². The molecular formula is C33H37B2N3O4. The Bertz CT molecular complexity index is 1470. The standard InChI is InChI=1S/C33H37B2N3O4/c1-30(2)31(3,4)40-34(39-30)25-19-24(20-26(21-25)35-41-32(5,6)33(7,8)42-35)29-37-27(22-15-11-9-12-16-22)36-28(38-29)23-17-13-10-14-18-23/h9-21H,1-8H3. The van der Waals surface area contributed by atoms with E-state index < -0.39 is 36.6 Å². The van der Waals surface area contributed by atoms with Gasteiger partial charge in [-0.05, 0) is 66.3 Å². The molecule has 2 fully saturated rings. The van der Waals surface area contributed by atoms with E-state index in [-0.39, 0.29) is 0 Å². The zero-order chi connectivity index (χ0) is 29.9. The summed E-state index contributed by atoms with van der Waals surface area (Å²) >= 11 is 0. The molecule has 0 atom stereocenters. The topological polar surface area (TPSA) is 75.6 Å². The summed E-state index contributed by atoms with van der Waals surface area (Å²) in [4.78, 5) is 14.8. The van der Waals surface area contributed by atoms with Crippen molar-refractivity contribution < 1.29 is 18.6 Å². The first-order chi connectivity index (χ1) is 19.7. The minimum Gasteiger partial charge on any atom is -0.399 e. The van der Waals surface area contributed by atoms with Crippen LogP contribution in [0.4, 0.5) is 0 Å². The highest BCUT2D eigenvalue weighted by atomic mass is 16.7. The first-order valence-electron chi connectivity index (χ1n) is 14.5. The number of nitrogens with zero attached hydrogens (tertiary/aromatic N) is 3. The molecule has 3 aromatic carbocycles. The van der Waals surface area contributed by atoms with E-state index in [0.717, 1.165) is 27.6 Å². The van der Waals surface area contributed by atoms with Crippen molar-refractivity contribution in [2.75, 3.05) is 0 Å². The summed E-state index contributed by atoms with van der Waals surface area (Å²) in [6, 6.07) is 26.0. The minimum atomic E-state index is -0.583. The normalized spacial score (nSPS) is 20.2. The number of hydrogen-bond donors (Lipinski definition) is 0. The molecule has 214 valence electrons. The van der Waals surface area contributed by atoms with E-state index in [0.29, 0.717) is 17.5 Å². The molecule has 0 radical (unpaired) electrons. The zero-order valence-electron chi connectivity index (χ0n) is 25.6. The molecule has 1 aromatic heterocycles. The fourth-order valence-corrected chi connectivity index (χ4v) is 4.97. The van der Waals surface area contributed by atoms with Crippen LogP contribution < -0.4 is 10.9 Å². The molecule has 7 nitrogen and oxygen atoms in total. The first-order valence-corrected chi connectivity index (χ1v) is 14.5. The van der Waals surface area contributed by atoms with Crippen molar-refractivity contribution in [3.8, 4) is 34.2 Å². The highest BCUT2D eigenvalue weighted by Crippen LogP contribution is 2.38. The van der Waals surface area contributed by atoms with E-state index in [9.17, 15) is 0 Å². The van der Waals surface area contributed by atoms with Crippen molar-refractivity contribution in [2.24, 2.45) is 0 Å². The summed E-state index contributed by atoms with van der Waals surface area (Å²) in [5.41, 5.74) is 2.33. The molecule has 9 heteroatoms. The predicted molar refractivity (Wildman–Crippen MR) is 168 cm³/mol. The maximum absolute atomic E-state index is 6.47. The fraction of sp³-hybridized carbons (Fsp3) is 0.364. The van der Waals surface area contributed by atoms with E-state index in [4.69, 9.17) is 33.6 Å². The average molecular weight is 561 g/mol.